The van der Waals surface area contributed by atoms with Gasteiger partial charge in [-0.2, -0.15) is 0 Å². The third-order valence-electron chi connectivity index (χ3n) is 2.30. The van der Waals surface area contributed by atoms with E-state index >= 15 is 0 Å². The Bertz CT molecular complexity index is 281. The molecule has 0 radical (unpaired) electrons. The molecular formula is C11H18OSi. The van der Waals surface area contributed by atoms with Gasteiger partial charge < -0.3 is 4.43 Å². The standard InChI is InChI=1S/C11H18OSi/c1-5-12-13(3,4)11-9-7-6-8-10(11)2/h6-9H,5H2,1-4H3. The predicted octanol–water partition coefficient (Wildman–Crippen LogP) is 2.44. The highest BCUT2D eigenvalue weighted by Gasteiger charge is 2.25. The fourth-order valence-corrected chi connectivity index (χ4v) is 4.09. The highest BCUT2D eigenvalue weighted by molar-refractivity contribution is 6.84. The molecule has 0 heterocycles. The molecular weight excluding hydrogens is 176 g/mol. The Balaban J connectivity index is 2.99. The smallest absolute Gasteiger partial charge is 0.218 e. The van der Waals surface area contributed by atoms with E-state index in [2.05, 4.69) is 51.2 Å². The molecule has 0 bridgehead atoms. The summed E-state index contributed by atoms with van der Waals surface area (Å²) in [6, 6.07) is 8.52. The number of hydrogen-bond donors (Lipinski definition) is 0. The zero-order chi connectivity index (χ0) is 9.90. The van der Waals surface area contributed by atoms with Crippen molar-refractivity contribution in [1.29, 1.82) is 0 Å². The maximum Gasteiger partial charge on any atom is 0.218 e. The molecule has 0 spiro atoms. The summed E-state index contributed by atoms with van der Waals surface area (Å²) in [5.74, 6) is 0. The summed E-state index contributed by atoms with van der Waals surface area (Å²) in [4.78, 5) is 0. The molecule has 0 aliphatic heterocycles. The predicted molar refractivity (Wildman–Crippen MR) is 59.9 cm³/mol. The highest BCUT2D eigenvalue weighted by atomic mass is 28.4. The molecule has 0 saturated heterocycles. The van der Waals surface area contributed by atoms with E-state index in [4.69, 9.17) is 4.43 Å². The van der Waals surface area contributed by atoms with E-state index in [1.807, 2.05) is 0 Å². The minimum absolute atomic E-state index is 0.813. The molecule has 0 fully saturated rings. The Morgan fingerprint density at radius 1 is 1.23 bits per heavy atom. The van der Waals surface area contributed by atoms with Crippen LogP contribution in [0, 0.1) is 6.92 Å². The fraction of sp³-hybridized carbons (Fsp3) is 0.455. The average Bonchev–Trinajstić information content (AvgIpc) is 2.04. The van der Waals surface area contributed by atoms with Gasteiger partial charge in [0.25, 0.3) is 0 Å². The van der Waals surface area contributed by atoms with Gasteiger partial charge in [-0.15, -0.1) is 0 Å². The lowest BCUT2D eigenvalue weighted by molar-refractivity contribution is 0.339. The third kappa shape index (κ3) is 2.42. The second-order valence-electron chi connectivity index (χ2n) is 3.76. The molecule has 13 heavy (non-hydrogen) atoms. The normalized spacial score (nSPS) is 11.7. The summed E-state index contributed by atoms with van der Waals surface area (Å²) in [5, 5.41) is 1.41. The maximum atomic E-state index is 5.84. The van der Waals surface area contributed by atoms with Crippen molar-refractivity contribution in [1.82, 2.24) is 0 Å². The van der Waals surface area contributed by atoms with Gasteiger partial charge in [0.1, 0.15) is 0 Å². The van der Waals surface area contributed by atoms with Crippen LogP contribution < -0.4 is 5.19 Å². The number of rotatable bonds is 3. The van der Waals surface area contributed by atoms with Crippen LogP contribution in [-0.2, 0) is 4.43 Å². The van der Waals surface area contributed by atoms with Crippen LogP contribution in [0.15, 0.2) is 24.3 Å². The van der Waals surface area contributed by atoms with Gasteiger partial charge in [-0.3, -0.25) is 0 Å². The Morgan fingerprint density at radius 3 is 2.38 bits per heavy atom. The molecule has 1 rings (SSSR count). The monoisotopic (exact) mass is 194 g/mol. The van der Waals surface area contributed by atoms with Crippen LogP contribution >= 0.6 is 0 Å². The minimum Gasteiger partial charge on any atom is -0.413 e. The molecule has 0 aliphatic carbocycles. The van der Waals surface area contributed by atoms with Gasteiger partial charge in [-0.05, 0) is 37.7 Å². The average molecular weight is 194 g/mol. The van der Waals surface area contributed by atoms with Gasteiger partial charge >= 0.3 is 0 Å². The van der Waals surface area contributed by atoms with Crippen molar-refractivity contribution >= 4 is 13.5 Å². The van der Waals surface area contributed by atoms with Gasteiger partial charge in [0.15, 0.2) is 0 Å². The zero-order valence-electron chi connectivity index (χ0n) is 8.92. The quantitative estimate of drug-likeness (QED) is 0.672. The molecule has 0 atom stereocenters. The number of benzene rings is 1. The molecule has 0 aromatic heterocycles. The topological polar surface area (TPSA) is 9.23 Å². The highest BCUT2D eigenvalue weighted by Crippen LogP contribution is 2.08. The van der Waals surface area contributed by atoms with Crippen molar-refractivity contribution in [2.24, 2.45) is 0 Å². The minimum atomic E-state index is -1.62. The molecule has 1 aromatic rings. The summed E-state index contributed by atoms with van der Waals surface area (Å²) < 4.78 is 5.84. The van der Waals surface area contributed by atoms with Crippen LogP contribution in [0.25, 0.3) is 0 Å². The largest absolute Gasteiger partial charge is 0.413 e. The summed E-state index contributed by atoms with van der Waals surface area (Å²) >= 11 is 0. The lowest BCUT2D eigenvalue weighted by Gasteiger charge is -2.24. The SMILES string of the molecule is CCO[Si](C)(C)c1ccccc1C. The Kier molecular flexibility index (Phi) is 3.28. The molecule has 1 aromatic carbocycles. The summed E-state index contributed by atoms with van der Waals surface area (Å²) in [6.45, 7) is 9.53. The van der Waals surface area contributed by atoms with Crippen molar-refractivity contribution in [2.75, 3.05) is 6.61 Å². The van der Waals surface area contributed by atoms with E-state index in [0.717, 1.165) is 6.61 Å². The summed E-state index contributed by atoms with van der Waals surface area (Å²) in [6.07, 6.45) is 0. The van der Waals surface area contributed by atoms with Gasteiger partial charge in [0.2, 0.25) is 8.32 Å². The Morgan fingerprint density at radius 2 is 1.85 bits per heavy atom. The molecule has 0 unspecified atom stereocenters. The lowest BCUT2D eigenvalue weighted by atomic mass is 10.2. The van der Waals surface area contributed by atoms with E-state index < -0.39 is 8.32 Å². The van der Waals surface area contributed by atoms with Crippen LogP contribution in [0.2, 0.25) is 13.1 Å². The number of hydrogen-bond acceptors (Lipinski definition) is 1. The molecule has 1 nitrogen and oxygen atoms in total. The van der Waals surface area contributed by atoms with Crippen molar-refractivity contribution < 1.29 is 4.43 Å². The summed E-state index contributed by atoms with van der Waals surface area (Å²) in [7, 11) is -1.62. The van der Waals surface area contributed by atoms with E-state index in [0.29, 0.717) is 0 Å². The Hall–Kier alpha value is -0.603. The van der Waals surface area contributed by atoms with Gasteiger partial charge in [-0.25, -0.2) is 0 Å². The van der Waals surface area contributed by atoms with Crippen molar-refractivity contribution in [2.45, 2.75) is 26.9 Å². The number of aryl methyl sites for hydroxylation is 1. The van der Waals surface area contributed by atoms with Gasteiger partial charge in [0, 0.05) is 6.61 Å². The fourth-order valence-electron chi connectivity index (χ4n) is 1.69. The first kappa shape index (κ1) is 10.5. The van der Waals surface area contributed by atoms with Crippen molar-refractivity contribution in [3.63, 3.8) is 0 Å². The first-order valence-corrected chi connectivity index (χ1v) is 7.69. The van der Waals surface area contributed by atoms with Crippen LogP contribution in [0.3, 0.4) is 0 Å². The van der Waals surface area contributed by atoms with Crippen LogP contribution in [0.1, 0.15) is 12.5 Å². The molecule has 0 N–H and O–H groups in total. The van der Waals surface area contributed by atoms with Crippen molar-refractivity contribution in [3.8, 4) is 0 Å². The molecule has 0 amide bonds. The third-order valence-corrected chi connectivity index (χ3v) is 5.17. The van der Waals surface area contributed by atoms with Crippen LogP contribution in [0.5, 0.6) is 0 Å². The molecule has 2 heteroatoms. The summed E-state index contributed by atoms with van der Waals surface area (Å²) in [5.41, 5.74) is 1.35. The van der Waals surface area contributed by atoms with Crippen LogP contribution in [-0.4, -0.2) is 14.9 Å². The lowest BCUT2D eigenvalue weighted by Crippen LogP contribution is -2.46. The van der Waals surface area contributed by atoms with Gasteiger partial charge in [0.05, 0.1) is 0 Å². The zero-order valence-corrected chi connectivity index (χ0v) is 9.92. The Labute approximate surface area is 81.9 Å². The van der Waals surface area contributed by atoms with Crippen molar-refractivity contribution in [3.05, 3.63) is 29.8 Å². The molecule has 0 aliphatic rings. The molecule has 0 saturated carbocycles. The van der Waals surface area contributed by atoms with Crippen LogP contribution in [0.4, 0.5) is 0 Å². The van der Waals surface area contributed by atoms with Gasteiger partial charge in [-0.1, -0.05) is 24.3 Å². The van der Waals surface area contributed by atoms with E-state index in [9.17, 15) is 0 Å². The molecule has 72 valence electrons. The van der Waals surface area contributed by atoms with E-state index in [1.54, 1.807) is 0 Å². The van der Waals surface area contributed by atoms with E-state index in [1.165, 1.54) is 10.8 Å². The maximum absolute atomic E-state index is 5.84. The first-order valence-electron chi connectivity index (χ1n) is 4.78. The first-order chi connectivity index (χ1) is 6.08. The second kappa shape index (κ2) is 4.07. The van der Waals surface area contributed by atoms with E-state index in [-0.39, 0.29) is 0 Å². The second-order valence-corrected chi connectivity index (χ2v) is 7.61.